The summed E-state index contributed by atoms with van der Waals surface area (Å²) >= 11 is 0. The average molecular weight is 762 g/mol. The van der Waals surface area contributed by atoms with Crippen molar-refractivity contribution in [1.82, 2.24) is 24.1 Å². The highest BCUT2D eigenvalue weighted by atomic mass is 31.2. The molecule has 0 radical (unpaired) electrons. The van der Waals surface area contributed by atoms with Gasteiger partial charge in [-0.2, -0.15) is 10.4 Å². The first kappa shape index (κ1) is 42.8. The van der Waals surface area contributed by atoms with Crippen LogP contribution in [0.25, 0.3) is 5.52 Å². The monoisotopic (exact) mass is 761 g/mol. The molecule has 15 nitrogen and oxygen atoms in total. The summed E-state index contributed by atoms with van der Waals surface area (Å²) in [5.74, 6) is 0.226. The normalized spacial score (nSPS) is 21.9. The summed E-state index contributed by atoms with van der Waals surface area (Å²) in [6, 6.07) is 4.73. The van der Waals surface area contributed by atoms with Crippen molar-refractivity contribution in [3.8, 4) is 6.07 Å². The van der Waals surface area contributed by atoms with Gasteiger partial charge in [0, 0.05) is 12.8 Å². The van der Waals surface area contributed by atoms with Crippen LogP contribution in [-0.4, -0.2) is 84.0 Å². The van der Waals surface area contributed by atoms with Crippen LogP contribution in [0.5, 0.6) is 0 Å². The molecule has 6 atom stereocenters. The number of phosphoric ester groups is 1. The minimum atomic E-state index is -4.66. The lowest BCUT2D eigenvalue weighted by Crippen LogP contribution is -2.39. The Labute approximate surface area is 313 Å². The first-order valence-corrected chi connectivity index (χ1v) is 20.8. The van der Waals surface area contributed by atoms with E-state index < -0.39 is 44.4 Å². The quantitative estimate of drug-likeness (QED) is 0.0492. The molecule has 0 aliphatic carbocycles. The van der Waals surface area contributed by atoms with Crippen LogP contribution in [0.4, 0.5) is 5.82 Å². The Bertz CT molecular complexity index is 1600. The molecule has 0 saturated carbocycles. The number of aliphatic hydroxyl groups excluding tert-OH is 2. The third-order valence-electron chi connectivity index (χ3n) is 10.1. The van der Waals surface area contributed by atoms with Crippen molar-refractivity contribution >= 4 is 19.2 Å². The van der Waals surface area contributed by atoms with Crippen LogP contribution in [0.3, 0.4) is 0 Å². The Hall–Kier alpha value is -2.93. The maximum Gasteiger partial charge on any atom is 0.472 e. The highest BCUT2D eigenvalue weighted by molar-refractivity contribution is 7.47. The Morgan fingerprint density at radius 3 is 2.19 bits per heavy atom. The van der Waals surface area contributed by atoms with Crippen molar-refractivity contribution in [2.24, 2.45) is 0 Å². The van der Waals surface area contributed by atoms with E-state index in [1.807, 2.05) is 6.07 Å². The van der Waals surface area contributed by atoms with Crippen LogP contribution >= 0.6 is 7.82 Å². The van der Waals surface area contributed by atoms with E-state index in [9.17, 15) is 24.9 Å². The van der Waals surface area contributed by atoms with Crippen molar-refractivity contribution in [3.63, 3.8) is 0 Å². The molecule has 0 aromatic carbocycles. The molecule has 1 saturated heterocycles. The molecule has 0 spiro atoms. The van der Waals surface area contributed by atoms with Gasteiger partial charge < -0.3 is 34.9 Å². The lowest BCUT2D eigenvalue weighted by Gasteiger charge is -2.27. The van der Waals surface area contributed by atoms with Crippen molar-refractivity contribution in [3.05, 3.63) is 42.4 Å². The number of unbranched alkanes of at least 4 members (excludes halogenated alkanes) is 15. The highest BCUT2D eigenvalue weighted by Crippen LogP contribution is 2.46. The molecule has 4 rings (SSSR count). The molecule has 1 unspecified atom stereocenters. The third kappa shape index (κ3) is 12.8. The fourth-order valence-corrected chi connectivity index (χ4v) is 7.60. The summed E-state index contributed by atoms with van der Waals surface area (Å²) in [7, 11) is -4.66. The Balaban J connectivity index is 1.14. The molecule has 1 aliphatic heterocycles. The predicted octanol–water partition coefficient (Wildman–Crippen LogP) is 6.37. The molecular weight excluding hydrogens is 701 g/mol. The molecule has 16 heteroatoms. The Morgan fingerprint density at radius 1 is 0.962 bits per heavy atom. The van der Waals surface area contributed by atoms with Crippen LogP contribution in [0.2, 0.25) is 0 Å². The van der Waals surface area contributed by atoms with E-state index in [1.165, 1.54) is 107 Å². The second-order valence-corrected chi connectivity index (χ2v) is 15.7. The first-order chi connectivity index (χ1) is 25.6. The second kappa shape index (κ2) is 21.8. The molecule has 4 heterocycles. The number of imidazole rings is 1. The Morgan fingerprint density at radius 2 is 1.58 bits per heavy atom. The molecule has 1 fully saturated rings. The second-order valence-electron chi connectivity index (χ2n) is 14.3. The number of hydrogen-bond acceptors (Lipinski definition) is 12. The van der Waals surface area contributed by atoms with E-state index in [-0.39, 0.29) is 24.7 Å². The molecule has 3 aromatic rings. The lowest BCUT2D eigenvalue weighted by molar-refractivity contribution is -0.0889. The number of ether oxygens (including phenoxy) is 2. The van der Waals surface area contributed by atoms with Crippen molar-refractivity contribution in [1.29, 1.82) is 5.26 Å². The number of aromatic nitrogens is 5. The number of rotatable bonds is 27. The fourth-order valence-electron chi connectivity index (χ4n) is 6.83. The zero-order valence-corrected chi connectivity index (χ0v) is 32.3. The highest BCUT2D eigenvalue weighted by Gasteiger charge is 2.54. The molecule has 5 N–H and O–H groups in total. The van der Waals surface area contributed by atoms with Crippen molar-refractivity contribution < 1.29 is 38.2 Å². The van der Waals surface area contributed by atoms with E-state index in [2.05, 4.69) is 22.0 Å². The number of nitriles is 1. The van der Waals surface area contributed by atoms with E-state index in [1.54, 1.807) is 23.6 Å². The van der Waals surface area contributed by atoms with E-state index in [4.69, 9.17) is 24.3 Å². The van der Waals surface area contributed by atoms with Gasteiger partial charge in [0.25, 0.3) is 0 Å². The molecule has 296 valence electrons. The van der Waals surface area contributed by atoms with Gasteiger partial charge in [0.05, 0.1) is 37.9 Å². The SMILES string of the molecule is CCCCCCCCCCCCCCCCCCOC[C@H](COP(=O)(O)OC[C@H]1O[C@@](C)(c2ccc3c(N)ncnn23)[C@H](O)[C@@H]1O)n1cnc(C#N)c1. The van der Waals surface area contributed by atoms with Crippen LogP contribution in [-0.2, 0) is 28.7 Å². The summed E-state index contributed by atoms with van der Waals surface area (Å²) in [5.41, 5.74) is 5.57. The first-order valence-electron chi connectivity index (χ1n) is 19.4. The standard InChI is InChI=1S/C37H60N7O8P/c1-3-4-5-6-7-8-9-10-11-12-13-14-15-16-17-18-21-49-24-30(43-23-29(22-38)41-28-43)25-50-53(47,48)51-26-32-34(45)35(46)37(2,52-32)33-20-19-31-36(39)40-27-42-44(31)33/h19-20,23,27-28,30,32,34-35,45-46H,3-18,21,24-26H2,1-2H3,(H,47,48)(H2,39,40,42)/t30-,32-,34-,35-,37+/m1/s1. The fraction of sp³-hybridized carbons (Fsp3) is 0.730. The Kier molecular flexibility index (Phi) is 17.6. The number of anilines is 1. The number of nitrogens with two attached hydrogens (primary N) is 1. The summed E-state index contributed by atoms with van der Waals surface area (Å²) < 4.78 is 38.5. The van der Waals surface area contributed by atoms with Crippen LogP contribution in [0.15, 0.2) is 31.0 Å². The summed E-state index contributed by atoms with van der Waals surface area (Å²) in [6.45, 7) is 3.69. The largest absolute Gasteiger partial charge is 0.472 e. The molecule has 0 bridgehead atoms. The lowest BCUT2D eigenvalue weighted by atomic mass is 9.93. The summed E-state index contributed by atoms with van der Waals surface area (Å²) in [6.07, 6.45) is 20.7. The number of nitrogen functional groups attached to an aromatic ring is 1. The van der Waals surface area contributed by atoms with Gasteiger partial charge in [-0.3, -0.25) is 9.05 Å². The van der Waals surface area contributed by atoms with Crippen molar-refractivity contribution in [2.45, 2.75) is 147 Å². The predicted molar refractivity (Wildman–Crippen MR) is 200 cm³/mol. The summed E-state index contributed by atoms with van der Waals surface area (Å²) in [4.78, 5) is 18.5. The maximum atomic E-state index is 13.0. The van der Waals surface area contributed by atoms with E-state index in [0.29, 0.717) is 17.8 Å². The van der Waals surface area contributed by atoms with Crippen LogP contribution in [0, 0.1) is 11.3 Å². The number of fused-ring (bicyclic) bond motifs is 1. The number of aliphatic hydroxyl groups is 2. The van der Waals surface area contributed by atoms with E-state index in [0.717, 1.165) is 19.3 Å². The molecule has 1 aliphatic rings. The average Bonchev–Trinajstić information content (AvgIpc) is 3.87. The third-order valence-corrected chi connectivity index (χ3v) is 11.0. The molecule has 0 amide bonds. The van der Waals surface area contributed by atoms with Gasteiger partial charge in [-0.25, -0.2) is 19.0 Å². The smallest absolute Gasteiger partial charge is 0.387 e. The van der Waals surface area contributed by atoms with Crippen LogP contribution in [0.1, 0.15) is 134 Å². The van der Waals surface area contributed by atoms with Gasteiger partial charge in [-0.15, -0.1) is 0 Å². The number of hydrogen-bond donors (Lipinski definition) is 4. The maximum absolute atomic E-state index is 13.0. The zero-order valence-electron chi connectivity index (χ0n) is 31.4. The molecular formula is C37H60N7O8P. The van der Waals surface area contributed by atoms with Gasteiger partial charge in [0.2, 0.25) is 0 Å². The van der Waals surface area contributed by atoms with Crippen LogP contribution < -0.4 is 5.73 Å². The number of nitrogens with zero attached hydrogens (tertiary/aromatic N) is 6. The molecule has 3 aromatic heterocycles. The zero-order chi connectivity index (χ0) is 38.1. The van der Waals surface area contributed by atoms with Gasteiger partial charge in [-0.1, -0.05) is 103 Å². The van der Waals surface area contributed by atoms with Gasteiger partial charge in [0.1, 0.15) is 41.8 Å². The number of phosphoric acid groups is 1. The minimum Gasteiger partial charge on any atom is -0.387 e. The van der Waals surface area contributed by atoms with Crippen molar-refractivity contribution in [2.75, 3.05) is 32.2 Å². The van der Waals surface area contributed by atoms with Gasteiger partial charge in [0.15, 0.2) is 11.5 Å². The van der Waals surface area contributed by atoms with Gasteiger partial charge in [-0.05, 0) is 25.5 Å². The topological polar surface area (TPSA) is 212 Å². The summed E-state index contributed by atoms with van der Waals surface area (Å²) in [5, 5.41) is 35.2. The molecule has 53 heavy (non-hydrogen) atoms. The van der Waals surface area contributed by atoms with E-state index >= 15 is 0 Å². The minimum absolute atomic E-state index is 0.161. The van der Waals surface area contributed by atoms with Gasteiger partial charge >= 0.3 is 7.82 Å².